The van der Waals surface area contributed by atoms with Gasteiger partial charge in [0.25, 0.3) is 10.0 Å². The van der Waals surface area contributed by atoms with Crippen LogP contribution < -0.4 is 10.0 Å². The Morgan fingerprint density at radius 2 is 1.92 bits per heavy atom. The number of nitrogens with zero attached hydrogens (tertiary/aromatic N) is 1. The molecule has 5 nitrogen and oxygen atoms in total. The molecule has 0 saturated carbocycles. The smallest absolute Gasteiger partial charge is 0.271 e. The van der Waals surface area contributed by atoms with Crippen molar-refractivity contribution in [3.8, 4) is 0 Å². The van der Waals surface area contributed by atoms with E-state index in [2.05, 4.69) is 15.0 Å². The molecule has 0 radical (unpaired) electrons. The Morgan fingerprint density at radius 3 is 2.54 bits per heavy atom. The Balaban J connectivity index is 1.74. The topological polar surface area (TPSA) is 71.1 Å². The number of aromatic nitrogens is 1. The lowest BCUT2D eigenvalue weighted by Crippen LogP contribution is -2.11. The van der Waals surface area contributed by atoms with E-state index in [4.69, 9.17) is 0 Å². The van der Waals surface area contributed by atoms with Crippen molar-refractivity contribution in [3.63, 3.8) is 0 Å². The van der Waals surface area contributed by atoms with Crippen LogP contribution in [-0.2, 0) is 10.0 Å². The van der Waals surface area contributed by atoms with E-state index in [0.29, 0.717) is 5.82 Å². The van der Waals surface area contributed by atoms with Gasteiger partial charge in [-0.15, -0.1) is 11.3 Å². The summed E-state index contributed by atoms with van der Waals surface area (Å²) in [6.07, 6.45) is 1.30. The van der Waals surface area contributed by atoms with Crippen molar-refractivity contribution in [1.82, 2.24) is 4.98 Å². The maximum atomic E-state index is 13.6. The van der Waals surface area contributed by atoms with Gasteiger partial charge in [0, 0.05) is 6.07 Å². The molecule has 0 atom stereocenters. The molecule has 1 aromatic carbocycles. The molecule has 0 fully saturated rings. The largest absolute Gasteiger partial charge is 0.338 e. The van der Waals surface area contributed by atoms with Crippen LogP contribution in [0.15, 0.2) is 58.3 Å². The molecule has 9 heteroatoms. The summed E-state index contributed by atoms with van der Waals surface area (Å²) in [6.45, 7) is 0. The van der Waals surface area contributed by atoms with Crippen LogP contribution in [0.2, 0.25) is 0 Å². The fourth-order valence-electron chi connectivity index (χ4n) is 1.88. The Kier molecular flexibility index (Phi) is 4.45. The van der Waals surface area contributed by atoms with Gasteiger partial charge in [0.2, 0.25) is 0 Å². The molecular formula is C15H11F2N3O2S2. The van der Waals surface area contributed by atoms with Gasteiger partial charge in [-0.3, -0.25) is 4.72 Å². The summed E-state index contributed by atoms with van der Waals surface area (Å²) in [5, 5.41) is 4.35. The molecule has 0 aliphatic rings. The number of thiophene rings is 1. The van der Waals surface area contributed by atoms with Gasteiger partial charge in [-0.1, -0.05) is 6.07 Å². The molecule has 0 aliphatic heterocycles. The maximum absolute atomic E-state index is 13.6. The first-order valence-corrected chi connectivity index (χ1v) is 9.05. The van der Waals surface area contributed by atoms with E-state index in [0.717, 1.165) is 23.5 Å². The van der Waals surface area contributed by atoms with Crippen LogP contribution in [0, 0.1) is 11.6 Å². The average molecular weight is 367 g/mol. The number of nitrogens with one attached hydrogen (secondary N) is 2. The van der Waals surface area contributed by atoms with E-state index in [-0.39, 0.29) is 15.6 Å². The van der Waals surface area contributed by atoms with E-state index in [1.165, 1.54) is 30.5 Å². The second-order valence-corrected chi connectivity index (χ2v) is 7.58. The first kappa shape index (κ1) is 16.3. The van der Waals surface area contributed by atoms with Gasteiger partial charge in [0.15, 0.2) is 0 Å². The van der Waals surface area contributed by atoms with Gasteiger partial charge < -0.3 is 5.32 Å². The third-order valence-electron chi connectivity index (χ3n) is 2.97. The summed E-state index contributed by atoms with van der Waals surface area (Å²) in [5.74, 6) is -1.14. The molecule has 0 aliphatic carbocycles. The van der Waals surface area contributed by atoms with Crippen molar-refractivity contribution in [3.05, 3.63) is 65.7 Å². The number of anilines is 3. The van der Waals surface area contributed by atoms with E-state index >= 15 is 0 Å². The average Bonchev–Trinajstić information content (AvgIpc) is 3.07. The summed E-state index contributed by atoms with van der Waals surface area (Å²) in [5.41, 5.74) is 0.337. The summed E-state index contributed by atoms with van der Waals surface area (Å²) in [4.78, 5) is 4.01. The Bertz CT molecular complexity index is 943. The standard InChI is InChI=1S/C15H11F2N3O2S2/c16-10-3-5-13(12(17)8-10)19-14-6-4-11(9-18-14)20-24(21,22)15-2-1-7-23-15/h1-9,20H,(H,18,19). The number of hydrogen-bond acceptors (Lipinski definition) is 5. The highest BCUT2D eigenvalue weighted by Gasteiger charge is 2.15. The number of benzene rings is 1. The Hall–Kier alpha value is -2.52. The van der Waals surface area contributed by atoms with E-state index < -0.39 is 21.7 Å². The highest BCUT2D eigenvalue weighted by Crippen LogP contribution is 2.22. The lowest BCUT2D eigenvalue weighted by molar-refractivity contribution is 0.586. The highest BCUT2D eigenvalue weighted by atomic mass is 32.2. The highest BCUT2D eigenvalue weighted by molar-refractivity contribution is 7.94. The summed E-state index contributed by atoms with van der Waals surface area (Å²) >= 11 is 1.10. The zero-order valence-corrected chi connectivity index (χ0v) is 13.7. The number of halogens is 2. The third-order valence-corrected chi connectivity index (χ3v) is 5.75. The maximum Gasteiger partial charge on any atom is 0.271 e. The first-order valence-electron chi connectivity index (χ1n) is 6.68. The number of hydrogen-bond donors (Lipinski definition) is 2. The molecule has 2 N–H and O–H groups in total. The molecular weight excluding hydrogens is 356 g/mol. The lowest BCUT2D eigenvalue weighted by atomic mass is 10.3. The summed E-state index contributed by atoms with van der Waals surface area (Å²) in [7, 11) is -3.65. The van der Waals surface area contributed by atoms with Crippen LogP contribution in [-0.4, -0.2) is 13.4 Å². The van der Waals surface area contributed by atoms with Gasteiger partial charge >= 0.3 is 0 Å². The van der Waals surface area contributed by atoms with Crippen LogP contribution in [0.3, 0.4) is 0 Å². The predicted octanol–water partition coefficient (Wildman–Crippen LogP) is 3.97. The van der Waals surface area contributed by atoms with E-state index in [1.54, 1.807) is 11.4 Å². The molecule has 3 aromatic rings. The third kappa shape index (κ3) is 3.69. The normalized spacial score (nSPS) is 11.2. The summed E-state index contributed by atoms with van der Waals surface area (Å²) < 4.78 is 53.2. The molecule has 0 bridgehead atoms. The van der Waals surface area contributed by atoms with Crippen molar-refractivity contribution in [2.75, 3.05) is 10.0 Å². The van der Waals surface area contributed by atoms with Crippen LogP contribution in [0.25, 0.3) is 0 Å². The predicted molar refractivity (Wildman–Crippen MR) is 89.0 cm³/mol. The van der Waals surface area contributed by atoms with Crippen LogP contribution in [0.1, 0.15) is 0 Å². The fraction of sp³-hybridized carbons (Fsp3) is 0. The molecule has 0 amide bonds. The number of pyridine rings is 1. The zero-order valence-electron chi connectivity index (χ0n) is 12.0. The number of rotatable bonds is 5. The molecule has 0 unspecified atom stereocenters. The lowest BCUT2D eigenvalue weighted by Gasteiger charge is -2.09. The van der Waals surface area contributed by atoms with Crippen LogP contribution in [0.4, 0.5) is 26.0 Å². The second-order valence-electron chi connectivity index (χ2n) is 4.72. The first-order chi connectivity index (χ1) is 11.4. The number of sulfonamides is 1. The molecule has 24 heavy (non-hydrogen) atoms. The van der Waals surface area contributed by atoms with Crippen LogP contribution in [0.5, 0.6) is 0 Å². The quantitative estimate of drug-likeness (QED) is 0.716. The fourth-order valence-corrected chi connectivity index (χ4v) is 3.91. The Morgan fingerprint density at radius 1 is 1.08 bits per heavy atom. The zero-order chi connectivity index (χ0) is 17.2. The van der Waals surface area contributed by atoms with Gasteiger partial charge in [-0.05, 0) is 35.7 Å². The van der Waals surface area contributed by atoms with Crippen molar-refractivity contribution in [2.24, 2.45) is 0 Å². The second kappa shape index (κ2) is 6.54. The van der Waals surface area contributed by atoms with Gasteiger partial charge in [0.1, 0.15) is 21.7 Å². The molecule has 124 valence electrons. The Labute approximate surface area is 141 Å². The van der Waals surface area contributed by atoms with Gasteiger partial charge in [0.05, 0.1) is 17.6 Å². The minimum atomic E-state index is -3.65. The van der Waals surface area contributed by atoms with E-state index in [1.807, 2.05) is 0 Å². The summed E-state index contributed by atoms with van der Waals surface area (Å²) in [6, 6.07) is 9.23. The molecule has 3 rings (SSSR count). The minimum absolute atomic E-state index is 0.0656. The van der Waals surface area contributed by atoms with Crippen LogP contribution >= 0.6 is 11.3 Å². The SMILES string of the molecule is O=S(=O)(Nc1ccc(Nc2ccc(F)cc2F)nc1)c1cccs1. The minimum Gasteiger partial charge on any atom is -0.338 e. The van der Waals surface area contributed by atoms with Crippen molar-refractivity contribution >= 4 is 38.6 Å². The molecule has 0 saturated heterocycles. The molecule has 0 spiro atoms. The van der Waals surface area contributed by atoms with Gasteiger partial charge in [-0.2, -0.15) is 0 Å². The van der Waals surface area contributed by atoms with Crippen molar-refractivity contribution in [2.45, 2.75) is 4.21 Å². The van der Waals surface area contributed by atoms with Crippen molar-refractivity contribution < 1.29 is 17.2 Å². The molecule has 2 heterocycles. The van der Waals surface area contributed by atoms with Gasteiger partial charge in [-0.25, -0.2) is 22.2 Å². The van der Waals surface area contributed by atoms with Crippen molar-refractivity contribution in [1.29, 1.82) is 0 Å². The molecule has 2 aromatic heterocycles. The van der Waals surface area contributed by atoms with E-state index in [9.17, 15) is 17.2 Å². The monoisotopic (exact) mass is 367 g/mol.